The lowest BCUT2D eigenvalue weighted by atomic mass is 9.88. The summed E-state index contributed by atoms with van der Waals surface area (Å²) < 4.78 is 69.6. The van der Waals surface area contributed by atoms with Crippen molar-refractivity contribution in [3.8, 4) is 34.2 Å². The van der Waals surface area contributed by atoms with E-state index in [1.807, 2.05) is 76.5 Å². The van der Waals surface area contributed by atoms with Crippen LogP contribution in [0.25, 0.3) is 78.3 Å². The summed E-state index contributed by atoms with van der Waals surface area (Å²) in [4.78, 5) is 61.9. The highest BCUT2D eigenvalue weighted by Gasteiger charge is 2.55. The van der Waals surface area contributed by atoms with Crippen LogP contribution >= 0.6 is 34.8 Å². The molecule has 29 nitrogen and oxygen atoms in total. The SMILES string of the molecule is Fc1cnc2n[nH]c(Nc3cc(N4CC(F)(C5CC5)C4)nc(-c4ccccc4Cl)n3)c2c1.Fc1cnc2n[nH]c(Nc3cc(N4CCC4)nc(-c4ccccc4Cl)n3)c2c1.Fc1cnc2n[nH]c(Nc3cc(N4CCC4)nc(C4CCCCC4)n3)c2c1.OC1(C2CC2)CN(c2cc(Nc3[nH]nc4ncc(F)cc34)nc(-c3ccccc3Cl)n2)C1.[HH]. The van der Waals surface area contributed by atoms with Gasteiger partial charge < -0.3 is 46.0 Å². The molecule has 0 radical (unpaired) electrons. The Morgan fingerprint density at radius 1 is 0.378 bits per heavy atom. The van der Waals surface area contributed by atoms with Crippen LogP contribution in [0.5, 0.6) is 0 Å². The number of nitrogens with zero attached hydrogens (tertiary/aromatic N) is 20. The van der Waals surface area contributed by atoms with E-state index in [1.54, 1.807) is 30.3 Å². The van der Waals surface area contributed by atoms with Gasteiger partial charge in [-0.25, -0.2) is 81.8 Å². The first kappa shape index (κ1) is 76.3. The molecule has 16 heterocycles. The second-order valence-electron chi connectivity index (χ2n) is 30.6. The number of hydrogen-bond acceptors (Lipinski definition) is 25. The minimum Gasteiger partial charge on any atom is -0.386 e. The molecule has 9 N–H and O–H groups in total. The third-order valence-corrected chi connectivity index (χ3v) is 23.2. The summed E-state index contributed by atoms with van der Waals surface area (Å²) in [5, 5.41) is 55.1. The van der Waals surface area contributed by atoms with Crippen LogP contribution in [-0.2, 0) is 0 Å². The lowest BCUT2D eigenvalue weighted by molar-refractivity contribution is -0.00974. The van der Waals surface area contributed by atoms with Gasteiger partial charge >= 0.3 is 0 Å². The third kappa shape index (κ3) is 16.3. The predicted molar refractivity (Wildman–Crippen MR) is 448 cm³/mol. The monoisotopic (exact) mass is 1670 g/mol. The summed E-state index contributed by atoms with van der Waals surface area (Å²) in [5.41, 5.74) is 1.98. The zero-order valence-electron chi connectivity index (χ0n) is 63.4. The normalized spacial score (nSPS) is 16.6. The summed E-state index contributed by atoms with van der Waals surface area (Å²) >= 11 is 19.1. The number of halogens is 8. The Morgan fingerprint density at radius 2 is 0.706 bits per heavy atom. The predicted octanol–water partition coefficient (Wildman–Crippen LogP) is 17.1. The molecule has 606 valence electrons. The lowest BCUT2D eigenvalue weighted by Gasteiger charge is -2.47. The molecule has 12 aromatic heterocycles. The van der Waals surface area contributed by atoms with Crippen molar-refractivity contribution in [3.63, 3.8) is 0 Å². The Kier molecular flexibility index (Phi) is 20.5. The average molecular weight is 1670 g/mol. The molecule has 3 saturated carbocycles. The fourth-order valence-electron chi connectivity index (χ4n) is 15.2. The molecule has 0 atom stereocenters. The van der Waals surface area contributed by atoms with Gasteiger partial charge in [0.25, 0.3) is 0 Å². The van der Waals surface area contributed by atoms with Gasteiger partial charge in [0.1, 0.15) is 110 Å². The van der Waals surface area contributed by atoms with Gasteiger partial charge in [-0.15, -0.1) is 0 Å². The Morgan fingerprint density at radius 3 is 1.04 bits per heavy atom. The van der Waals surface area contributed by atoms with Crippen LogP contribution in [0.4, 0.5) is 91.8 Å². The van der Waals surface area contributed by atoms with Crippen LogP contribution in [-0.4, -0.2) is 169 Å². The van der Waals surface area contributed by atoms with E-state index in [9.17, 15) is 27.1 Å². The molecule has 7 aliphatic rings. The number of H-pyrrole nitrogens is 4. The van der Waals surface area contributed by atoms with E-state index < -0.39 is 28.7 Å². The average Bonchev–Trinajstić information content (AvgIpc) is 1.59. The standard InChI is InChI=1S/C22H18ClF2N7.C22H19ClFN7O.C19H15ClFN7.C19H22FN7.H2/c23-16-4-2-1-3-14(16)20-27-17(28-21-15-7-13(24)9-26-19(15)30-31-21)8-18(29-20)32-10-22(25,11-32)12-5-6-12;23-16-4-2-1-3-14(16)20-26-17(27-21-15-7-13(24)9-25-19(15)29-30-21)8-18(28-20)31-10-22(32,11-31)12-5-6-12;20-14-5-2-1-4-12(14)18-23-15(9-16(25-18)28-6-3-7-28)24-19-13-8-11(21)10-22-17(13)26-27-19;20-13-9-14-18(21-11-13)25-26-19(14)23-15-10-16(27-7-4-8-27)24-17(22-15)12-5-2-1-3-6-12;/h1-4,7-9,12H,5-6,10-11H2,(H2,26,27,28,29,30,31);1-4,7-9,12,32H,5-6,10-11H2,(H2,25,26,27,28,29,30);1-2,4-5,8-10H,3,6-7H2,(H2,22,23,24,25,26,27);9-12H,1-8H2,(H2,21,22,23,24,25,26);1H. The minimum absolute atomic E-state index is 0. The van der Waals surface area contributed by atoms with Crippen LogP contribution in [0.2, 0.25) is 15.1 Å². The van der Waals surface area contributed by atoms with E-state index in [2.05, 4.69) is 117 Å². The highest BCUT2D eigenvalue weighted by molar-refractivity contribution is 6.34. The molecule has 7 fully saturated rings. The number of aromatic nitrogens is 20. The third-order valence-electron chi connectivity index (χ3n) is 22.2. The molecule has 22 rings (SSSR count). The van der Waals surface area contributed by atoms with Crippen LogP contribution in [0, 0.1) is 35.1 Å². The van der Waals surface area contributed by atoms with Crippen molar-refractivity contribution in [2.45, 2.75) is 87.8 Å². The highest BCUT2D eigenvalue weighted by atomic mass is 35.5. The quantitative estimate of drug-likeness (QED) is 0.0360. The van der Waals surface area contributed by atoms with Gasteiger partial charge in [0.15, 0.2) is 40.1 Å². The van der Waals surface area contributed by atoms with Crippen LogP contribution in [0.1, 0.15) is 83.8 Å². The van der Waals surface area contributed by atoms with E-state index in [-0.39, 0.29) is 13.2 Å². The number of aliphatic hydroxyl groups is 1. The molecule has 0 spiro atoms. The Bertz CT molecular complexity index is 6100. The molecule has 0 unspecified atom stereocenters. The maximum atomic E-state index is 15.0. The molecule has 119 heavy (non-hydrogen) atoms. The number of β-amino-alcohol motifs (C(OH)–C–C–N with tert-alkyl or cyclic N) is 1. The molecule has 4 aliphatic heterocycles. The fraction of sp³-hybridized carbons (Fsp3) is 0.293. The van der Waals surface area contributed by atoms with Gasteiger partial charge in [0.05, 0.1) is 87.6 Å². The van der Waals surface area contributed by atoms with Crippen molar-refractivity contribution in [2.24, 2.45) is 11.8 Å². The summed E-state index contributed by atoms with van der Waals surface area (Å²) in [7, 11) is 0. The second kappa shape index (κ2) is 32.0. The van der Waals surface area contributed by atoms with E-state index in [4.69, 9.17) is 49.8 Å². The Labute approximate surface area is 691 Å². The summed E-state index contributed by atoms with van der Waals surface area (Å²) in [5.74, 6) is 8.77. The number of rotatable bonds is 18. The van der Waals surface area contributed by atoms with Crippen LogP contribution in [0.15, 0.2) is 146 Å². The van der Waals surface area contributed by atoms with E-state index in [1.165, 1.54) is 56.1 Å². The smallest absolute Gasteiger partial charge is 0.183 e. The van der Waals surface area contributed by atoms with Gasteiger partial charge in [-0.3, -0.25) is 20.4 Å². The number of anilines is 12. The maximum Gasteiger partial charge on any atom is 0.183 e. The summed E-state index contributed by atoms with van der Waals surface area (Å²) in [6, 6.07) is 34.9. The zero-order chi connectivity index (χ0) is 81.0. The Hall–Kier alpha value is -12.7. The number of pyridine rings is 4. The lowest BCUT2D eigenvalue weighted by Crippen LogP contribution is -2.63. The van der Waals surface area contributed by atoms with Gasteiger partial charge in [0.2, 0.25) is 0 Å². The largest absolute Gasteiger partial charge is 0.386 e. The Balaban J connectivity index is 0.000000110. The summed E-state index contributed by atoms with van der Waals surface area (Å²) in [6.45, 7) is 5.61. The van der Waals surface area contributed by atoms with Gasteiger partial charge in [0, 0.05) is 74.5 Å². The molecule has 15 aromatic rings. The van der Waals surface area contributed by atoms with E-state index >= 15 is 0 Å². The number of fused-ring (bicyclic) bond motifs is 4. The van der Waals surface area contributed by atoms with E-state index in [0.717, 1.165) is 113 Å². The van der Waals surface area contributed by atoms with Crippen molar-refractivity contribution < 1.29 is 28.5 Å². The van der Waals surface area contributed by atoms with Crippen LogP contribution in [0.3, 0.4) is 0 Å². The molecular formula is C82H76Cl3F5N28O. The molecule has 3 aromatic carbocycles. The van der Waals surface area contributed by atoms with Gasteiger partial charge in [-0.2, -0.15) is 20.4 Å². The van der Waals surface area contributed by atoms with Crippen LogP contribution < -0.4 is 40.9 Å². The topological polar surface area (TPSA) is 351 Å². The zero-order valence-corrected chi connectivity index (χ0v) is 65.7. The number of hydrogen-bond donors (Lipinski definition) is 9. The minimum atomic E-state index is -1.15. The molecule has 3 aliphatic carbocycles. The van der Waals surface area contributed by atoms with Crippen molar-refractivity contribution in [1.82, 2.24) is 101 Å². The number of benzene rings is 3. The number of nitrogens with one attached hydrogen (secondary N) is 8. The van der Waals surface area contributed by atoms with Crippen molar-refractivity contribution in [3.05, 3.63) is 190 Å². The number of alkyl halides is 1. The first-order valence-corrected chi connectivity index (χ1v) is 40.3. The molecule has 4 saturated heterocycles. The molecular weight excluding hydrogens is 1590 g/mol. The molecule has 0 bridgehead atoms. The van der Waals surface area contributed by atoms with Crippen molar-refractivity contribution >= 4 is 149 Å². The van der Waals surface area contributed by atoms with Crippen molar-refractivity contribution in [2.75, 3.05) is 93.2 Å². The highest BCUT2D eigenvalue weighted by Crippen LogP contribution is 2.50. The maximum absolute atomic E-state index is 15.0. The fourth-order valence-corrected chi connectivity index (χ4v) is 15.9. The van der Waals surface area contributed by atoms with Gasteiger partial charge in [-0.1, -0.05) is 90.5 Å². The molecule has 37 heteroatoms. The molecule has 0 amide bonds. The second-order valence-corrected chi connectivity index (χ2v) is 31.8. The summed E-state index contributed by atoms with van der Waals surface area (Å²) in [6.07, 6.45) is 17.0. The van der Waals surface area contributed by atoms with Crippen molar-refractivity contribution in [1.29, 1.82) is 0 Å². The van der Waals surface area contributed by atoms with Gasteiger partial charge in [-0.05, 0) is 124 Å². The number of aromatic amines is 4. The first-order valence-electron chi connectivity index (χ1n) is 39.2. The first-order chi connectivity index (χ1) is 57.9. The van der Waals surface area contributed by atoms with E-state index in [0.29, 0.717) is 184 Å².